The van der Waals surface area contributed by atoms with Gasteiger partial charge in [-0.3, -0.25) is 0 Å². The van der Waals surface area contributed by atoms with Crippen molar-refractivity contribution < 1.29 is 0 Å². The van der Waals surface area contributed by atoms with Crippen LogP contribution in [0.5, 0.6) is 0 Å². The lowest BCUT2D eigenvalue weighted by Crippen LogP contribution is -2.24. The van der Waals surface area contributed by atoms with Crippen LogP contribution in [0.4, 0.5) is 34.1 Å². The zero-order valence-corrected chi connectivity index (χ0v) is 36.4. The molecule has 0 radical (unpaired) electrons. The summed E-state index contributed by atoms with van der Waals surface area (Å²) in [5.41, 5.74) is 19.1. The molecular weight excluding hydrogens is 737 g/mol. The molecule has 302 valence electrons. The second kappa shape index (κ2) is 16.4. The smallest absolute Gasteiger partial charge is 0.0461 e. The molecule has 0 amide bonds. The Hall–Kier alpha value is -6.64. The molecule has 0 saturated carbocycles. The van der Waals surface area contributed by atoms with Gasteiger partial charge in [-0.2, -0.15) is 0 Å². The van der Waals surface area contributed by atoms with Crippen LogP contribution in [0.1, 0.15) is 92.3 Å². The van der Waals surface area contributed by atoms with Gasteiger partial charge in [0.15, 0.2) is 0 Å². The molecular formula is C59H56N2. The van der Waals surface area contributed by atoms with E-state index >= 15 is 0 Å². The van der Waals surface area contributed by atoms with Crippen LogP contribution in [-0.4, -0.2) is 0 Å². The summed E-state index contributed by atoms with van der Waals surface area (Å²) >= 11 is 0. The van der Waals surface area contributed by atoms with E-state index in [1.54, 1.807) is 0 Å². The van der Waals surface area contributed by atoms with Gasteiger partial charge in [0.25, 0.3) is 0 Å². The molecule has 2 heteroatoms. The molecule has 9 rings (SSSR count). The van der Waals surface area contributed by atoms with E-state index in [1.165, 1.54) is 50.1 Å². The largest absolute Gasteiger partial charge is 0.311 e. The molecule has 2 atom stereocenters. The normalized spacial score (nSPS) is 14.1. The van der Waals surface area contributed by atoms with Gasteiger partial charge in [0, 0.05) is 50.9 Å². The van der Waals surface area contributed by atoms with Crippen molar-refractivity contribution in [1.29, 1.82) is 0 Å². The Morgan fingerprint density at radius 3 is 1.31 bits per heavy atom. The van der Waals surface area contributed by atoms with E-state index < -0.39 is 0 Å². The minimum Gasteiger partial charge on any atom is -0.311 e. The van der Waals surface area contributed by atoms with Gasteiger partial charge in [-0.15, -0.1) is 0 Å². The quantitative estimate of drug-likeness (QED) is 0.122. The van der Waals surface area contributed by atoms with E-state index in [0.717, 1.165) is 47.0 Å². The van der Waals surface area contributed by atoms with Crippen LogP contribution in [-0.2, 0) is 10.8 Å². The van der Waals surface area contributed by atoms with Gasteiger partial charge in [-0.1, -0.05) is 162 Å². The van der Waals surface area contributed by atoms with E-state index in [1.807, 2.05) is 0 Å². The van der Waals surface area contributed by atoms with Gasteiger partial charge >= 0.3 is 0 Å². The maximum Gasteiger partial charge on any atom is 0.0461 e. The van der Waals surface area contributed by atoms with Crippen molar-refractivity contribution in [1.82, 2.24) is 0 Å². The number of hydrogen-bond acceptors (Lipinski definition) is 2. The van der Waals surface area contributed by atoms with Crippen LogP contribution in [0, 0.1) is 6.92 Å². The fourth-order valence-corrected chi connectivity index (χ4v) is 9.87. The number of benzene rings is 8. The van der Waals surface area contributed by atoms with Crippen molar-refractivity contribution in [3.63, 3.8) is 0 Å². The van der Waals surface area contributed by atoms with E-state index in [2.05, 4.69) is 252 Å². The number of rotatable bonds is 12. The van der Waals surface area contributed by atoms with Crippen LogP contribution in [0.2, 0.25) is 0 Å². The van der Waals surface area contributed by atoms with Crippen molar-refractivity contribution in [3.8, 4) is 11.1 Å². The van der Waals surface area contributed by atoms with E-state index in [4.69, 9.17) is 0 Å². The molecule has 1 aliphatic carbocycles. The van der Waals surface area contributed by atoms with Gasteiger partial charge in [-0.05, 0) is 143 Å². The summed E-state index contributed by atoms with van der Waals surface area (Å²) in [6, 6.07) is 73.5. The summed E-state index contributed by atoms with van der Waals surface area (Å²) in [6.07, 6.45) is 2.02. The predicted molar refractivity (Wildman–Crippen MR) is 260 cm³/mol. The molecule has 0 fully saturated rings. The molecule has 0 heterocycles. The molecule has 0 bridgehead atoms. The Morgan fingerprint density at radius 1 is 0.459 bits per heavy atom. The molecule has 0 saturated heterocycles. The Morgan fingerprint density at radius 2 is 0.869 bits per heavy atom. The first-order chi connectivity index (χ1) is 29.7. The highest BCUT2D eigenvalue weighted by Gasteiger charge is 2.38. The van der Waals surface area contributed by atoms with Crippen molar-refractivity contribution in [2.24, 2.45) is 0 Å². The van der Waals surface area contributed by atoms with Crippen LogP contribution >= 0.6 is 0 Å². The van der Waals surface area contributed by atoms with Gasteiger partial charge in [0.2, 0.25) is 0 Å². The Bertz CT molecular complexity index is 2660. The number of nitrogens with zero attached hydrogens (tertiary/aromatic N) is 2. The zero-order valence-electron chi connectivity index (χ0n) is 36.4. The summed E-state index contributed by atoms with van der Waals surface area (Å²) < 4.78 is 0. The third-order valence-electron chi connectivity index (χ3n) is 13.6. The average Bonchev–Trinajstić information content (AvgIpc) is 3.52. The molecule has 0 N–H and O–H groups in total. The first-order valence-electron chi connectivity index (χ1n) is 22.0. The molecule has 8 aromatic carbocycles. The highest BCUT2D eigenvalue weighted by molar-refractivity contribution is 5.83. The monoisotopic (exact) mass is 792 g/mol. The number of para-hydroxylation sites is 4. The molecule has 61 heavy (non-hydrogen) atoms. The summed E-state index contributed by atoms with van der Waals surface area (Å²) in [5.74, 6) is 0.294. The summed E-state index contributed by atoms with van der Waals surface area (Å²) in [4.78, 5) is 4.67. The lowest BCUT2D eigenvalue weighted by molar-refractivity contribution is 0.547. The Balaban J connectivity index is 1.02. The van der Waals surface area contributed by atoms with Crippen molar-refractivity contribution in [2.45, 2.75) is 71.1 Å². The molecule has 0 spiro atoms. The van der Waals surface area contributed by atoms with Crippen molar-refractivity contribution in [3.05, 3.63) is 239 Å². The zero-order chi connectivity index (χ0) is 42.1. The second-order valence-corrected chi connectivity index (χ2v) is 17.4. The number of anilines is 6. The molecule has 2 nitrogen and oxygen atoms in total. The molecule has 2 unspecified atom stereocenters. The van der Waals surface area contributed by atoms with Crippen molar-refractivity contribution >= 4 is 34.1 Å². The van der Waals surface area contributed by atoms with Gasteiger partial charge in [0.05, 0.1) is 0 Å². The van der Waals surface area contributed by atoms with E-state index in [0.29, 0.717) is 5.92 Å². The van der Waals surface area contributed by atoms with Crippen LogP contribution < -0.4 is 9.80 Å². The number of aryl methyl sites for hydroxylation is 1. The SMILES string of the molecule is CCC(c1ccc(N(c2ccccc2)c2ccccc2)cc1)c1cc2c(cc1C)-c1ccc(C(C)(CC)c3ccc(N(c4ccccc4)c4ccccc4)cc3)cc1C2(C)C. The van der Waals surface area contributed by atoms with Crippen LogP contribution in [0.15, 0.2) is 200 Å². The Kier molecular flexibility index (Phi) is 10.7. The average molecular weight is 793 g/mol. The third-order valence-corrected chi connectivity index (χ3v) is 13.6. The van der Waals surface area contributed by atoms with Gasteiger partial charge < -0.3 is 9.80 Å². The van der Waals surface area contributed by atoms with E-state index in [9.17, 15) is 0 Å². The van der Waals surface area contributed by atoms with Crippen LogP contribution in [0.3, 0.4) is 0 Å². The lowest BCUT2D eigenvalue weighted by atomic mass is 9.72. The molecule has 1 aliphatic rings. The maximum atomic E-state index is 2.55. The van der Waals surface area contributed by atoms with Crippen LogP contribution in [0.25, 0.3) is 11.1 Å². The highest BCUT2D eigenvalue weighted by Crippen LogP contribution is 2.52. The lowest BCUT2D eigenvalue weighted by Gasteiger charge is -2.32. The minimum absolute atomic E-state index is 0.137. The Labute approximate surface area is 363 Å². The summed E-state index contributed by atoms with van der Waals surface area (Å²) in [5, 5.41) is 0. The fourth-order valence-electron chi connectivity index (χ4n) is 9.87. The fraction of sp³-hybridized carbons (Fsp3) is 0.186. The molecule has 0 aliphatic heterocycles. The molecule has 8 aromatic rings. The topological polar surface area (TPSA) is 6.48 Å². The first-order valence-corrected chi connectivity index (χ1v) is 22.0. The minimum atomic E-state index is -0.153. The second-order valence-electron chi connectivity index (χ2n) is 17.4. The van der Waals surface area contributed by atoms with E-state index in [-0.39, 0.29) is 10.8 Å². The number of fused-ring (bicyclic) bond motifs is 3. The van der Waals surface area contributed by atoms with Gasteiger partial charge in [0.1, 0.15) is 0 Å². The summed E-state index contributed by atoms with van der Waals surface area (Å²) in [6.45, 7) is 14.2. The number of hydrogen-bond donors (Lipinski definition) is 0. The first kappa shape index (κ1) is 39.8. The standard InChI is InChI=1S/C59H56N2/c1-7-52(43-29-34-50(35-30-43)60(46-21-13-9-14-22-46)47-23-15-10-16-24-47)54-41-57-55(39-42(54)3)53-38-33-45(40-56(53)58(57,4)5)59(6,8-2)44-31-36-51(37-32-44)61(48-25-17-11-18-26-48)49-27-19-12-20-28-49/h9-41,52H,7-8H2,1-6H3. The predicted octanol–water partition coefficient (Wildman–Crippen LogP) is 16.5. The highest BCUT2D eigenvalue weighted by atomic mass is 15.1. The maximum absolute atomic E-state index is 2.55. The summed E-state index contributed by atoms with van der Waals surface area (Å²) in [7, 11) is 0. The van der Waals surface area contributed by atoms with Crippen molar-refractivity contribution in [2.75, 3.05) is 9.80 Å². The van der Waals surface area contributed by atoms with Gasteiger partial charge in [-0.25, -0.2) is 0 Å². The molecule has 0 aromatic heterocycles. The third kappa shape index (κ3) is 7.25.